The maximum Gasteiger partial charge on any atom is 0.140 e. The lowest BCUT2D eigenvalue weighted by Crippen LogP contribution is -2.23. The second-order valence-electron chi connectivity index (χ2n) is 4.38. The first-order valence-corrected chi connectivity index (χ1v) is 7.70. The van der Waals surface area contributed by atoms with Crippen molar-refractivity contribution in [3.05, 3.63) is 22.2 Å². The molecule has 1 aromatic carbocycles. The average molecular weight is 362 g/mol. The minimum atomic E-state index is 0.654. The zero-order chi connectivity index (χ0) is 15.5. The molecule has 21 heavy (non-hydrogen) atoms. The number of nitrogens with one attached hydrogen (secondary N) is 1. The van der Waals surface area contributed by atoms with Gasteiger partial charge in [-0.05, 0) is 34.0 Å². The number of hydrogen-bond acceptors (Lipinski definition) is 5. The van der Waals surface area contributed by atoms with Gasteiger partial charge in [-0.25, -0.2) is 0 Å². The minimum absolute atomic E-state index is 0.654. The molecule has 120 valence electrons. The predicted octanol–water partition coefficient (Wildman–Crippen LogP) is 2.26. The van der Waals surface area contributed by atoms with Gasteiger partial charge < -0.3 is 24.3 Å². The highest BCUT2D eigenvalue weighted by Gasteiger charge is 2.12. The summed E-state index contributed by atoms with van der Waals surface area (Å²) in [6, 6.07) is 3.93. The zero-order valence-corrected chi connectivity index (χ0v) is 14.5. The molecule has 0 aliphatic heterocycles. The van der Waals surface area contributed by atoms with Crippen LogP contribution in [-0.2, 0) is 15.9 Å². The van der Waals surface area contributed by atoms with Crippen molar-refractivity contribution >= 4 is 15.9 Å². The van der Waals surface area contributed by atoms with Gasteiger partial charge in [-0.1, -0.05) is 6.07 Å². The Hall–Kier alpha value is -0.820. The lowest BCUT2D eigenvalue weighted by atomic mass is 10.1. The SMILES string of the molecule is COCCNCCOCCc1ccc(OC)c(Br)c1OC. The minimum Gasteiger partial charge on any atom is -0.495 e. The van der Waals surface area contributed by atoms with E-state index in [0.717, 1.165) is 47.7 Å². The van der Waals surface area contributed by atoms with Crippen molar-refractivity contribution in [2.75, 3.05) is 54.2 Å². The van der Waals surface area contributed by atoms with Gasteiger partial charge in [-0.2, -0.15) is 0 Å². The normalized spacial score (nSPS) is 10.7. The van der Waals surface area contributed by atoms with Gasteiger partial charge in [0, 0.05) is 20.2 Å². The Bertz CT molecular complexity index is 415. The van der Waals surface area contributed by atoms with Crippen LogP contribution < -0.4 is 14.8 Å². The Balaban J connectivity index is 2.33. The van der Waals surface area contributed by atoms with Gasteiger partial charge in [0.15, 0.2) is 0 Å². The van der Waals surface area contributed by atoms with Gasteiger partial charge in [0.05, 0.1) is 34.0 Å². The second kappa shape index (κ2) is 10.8. The van der Waals surface area contributed by atoms with Gasteiger partial charge >= 0.3 is 0 Å². The first-order chi connectivity index (χ1) is 10.2. The van der Waals surface area contributed by atoms with Gasteiger partial charge in [0.2, 0.25) is 0 Å². The number of halogens is 1. The molecule has 0 aromatic heterocycles. The molecule has 0 saturated heterocycles. The fraction of sp³-hybridized carbons (Fsp3) is 0.600. The van der Waals surface area contributed by atoms with Crippen LogP contribution in [0.4, 0.5) is 0 Å². The number of ether oxygens (including phenoxy) is 4. The fourth-order valence-corrected chi connectivity index (χ4v) is 2.59. The molecule has 0 saturated carbocycles. The van der Waals surface area contributed by atoms with Crippen LogP contribution in [0.5, 0.6) is 11.5 Å². The van der Waals surface area contributed by atoms with Crippen molar-refractivity contribution in [3.8, 4) is 11.5 Å². The Kier molecular flexibility index (Phi) is 9.41. The fourth-order valence-electron chi connectivity index (χ4n) is 1.88. The van der Waals surface area contributed by atoms with Gasteiger partial charge in [0.1, 0.15) is 16.0 Å². The molecule has 0 atom stereocenters. The summed E-state index contributed by atoms with van der Waals surface area (Å²) in [7, 11) is 4.99. The van der Waals surface area contributed by atoms with E-state index < -0.39 is 0 Å². The summed E-state index contributed by atoms with van der Waals surface area (Å²) in [6.45, 7) is 3.73. The molecule has 0 fully saturated rings. The van der Waals surface area contributed by atoms with Crippen LogP contribution in [0, 0.1) is 0 Å². The van der Waals surface area contributed by atoms with E-state index in [1.54, 1.807) is 21.3 Å². The Morgan fingerprint density at radius 1 is 1.00 bits per heavy atom. The molecule has 0 spiro atoms. The second-order valence-corrected chi connectivity index (χ2v) is 5.17. The van der Waals surface area contributed by atoms with Crippen LogP contribution in [0.2, 0.25) is 0 Å². The molecular weight excluding hydrogens is 338 g/mol. The summed E-state index contributed by atoms with van der Waals surface area (Å²) in [4.78, 5) is 0. The Morgan fingerprint density at radius 2 is 1.76 bits per heavy atom. The molecule has 5 nitrogen and oxygen atoms in total. The third-order valence-corrected chi connectivity index (χ3v) is 3.74. The summed E-state index contributed by atoms with van der Waals surface area (Å²) >= 11 is 3.50. The van der Waals surface area contributed by atoms with Crippen LogP contribution >= 0.6 is 15.9 Å². The average Bonchev–Trinajstić information content (AvgIpc) is 2.50. The monoisotopic (exact) mass is 361 g/mol. The van der Waals surface area contributed by atoms with E-state index in [9.17, 15) is 0 Å². The number of methoxy groups -OCH3 is 3. The highest BCUT2D eigenvalue weighted by atomic mass is 79.9. The number of benzene rings is 1. The molecule has 1 N–H and O–H groups in total. The molecule has 0 radical (unpaired) electrons. The van der Waals surface area contributed by atoms with Crippen LogP contribution in [0.3, 0.4) is 0 Å². The first kappa shape index (κ1) is 18.2. The molecule has 1 rings (SSSR count). The third kappa shape index (κ3) is 6.22. The number of hydrogen-bond donors (Lipinski definition) is 1. The zero-order valence-electron chi connectivity index (χ0n) is 12.9. The predicted molar refractivity (Wildman–Crippen MR) is 86.5 cm³/mol. The van der Waals surface area contributed by atoms with E-state index in [2.05, 4.69) is 21.2 Å². The Morgan fingerprint density at radius 3 is 2.43 bits per heavy atom. The smallest absolute Gasteiger partial charge is 0.140 e. The summed E-state index contributed by atoms with van der Waals surface area (Å²) in [5.41, 5.74) is 1.09. The third-order valence-electron chi connectivity index (χ3n) is 2.99. The van der Waals surface area contributed by atoms with Gasteiger partial charge in [-0.3, -0.25) is 0 Å². The Labute approximate surface area is 135 Å². The highest BCUT2D eigenvalue weighted by molar-refractivity contribution is 9.10. The van der Waals surface area contributed by atoms with Crippen molar-refractivity contribution in [3.63, 3.8) is 0 Å². The lowest BCUT2D eigenvalue weighted by Gasteiger charge is -2.13. The first-order valence-electron chi connectivity index (χ1n) is 6.91. The van der Waals surface area contributed by atoms with E-state index in [1.807, 2.05) is 12.1 Å². The maximum absolute atomic E-state index is 5.61. The van der Waals surface area contributed by atoms with Crippen molar-refractivity contribution < 1.29 is 18.9 Å². The number of rotatable bonds is 11. The van der Waals surface area contributed by atoms with E-state index in [4.69, 9.17) is 18.9 Å². The molecular formula is C15H24BrNO4. The molecule has 0 heterocycles. The van der Waals surface area contributed by atoms with Crippen LogP contribution in [-0.4, -0.2) is 54.2 Å². The molecule has 1 aromatic rings. The van der Waals surface area contributed by atoms with Crippen LogP contribution in [0.15, 0.2) is 16.6 Å². The summed E-state index contributed by atoms with van der Waals surface area (Å²) in [6.07, 6.45) is 0.795. The molecule has 6 heteroatoms. The summed E-state index contributed by atoms with van der Waals surface area (Å²) < 4.78 is 22.1. The van der Waals surface area contributed by atoms with Crippen molar-refractivity contribution in [2.24, 2.45) is 0 Å². The highest BCUT2D eigenvalue weighted by Crippen LogP contribution is 2.37. The molecule has 0 bridgehead atoms. The van der Waals surface area contributed by atoms with E-state index >= 15 is 0 Å². The van der Waals surface area contributed by atoms with Crippen molar-refractivity contribution in [1.29, 1.82) is 0 Å². The van der Waals surface area contributed by atoms with Crippen LogP contribution in [0.25, 0.3) is 0 Å². The van der Waals surface area contributed by atoms with Crippen molar-refractivity contribution in [2.45, 2.75) is 6.42 Å². The molecule has 0 aliphatic carbocycles. The standard InChI is InChI=1S/C15H24BrNO4/c1-18-10-7-17-8-11-21-9-6-12-4-5-13(19-2)14(16)15(12)20-3/h4-5,17H,6-11H2,1-3H3. The molecule has 0 unspecified atom stereocenters. The van der Waals surface area contributed by atoms with Crippen LogP contribution in [0.1, 0.15) is 5.56 Å². The largest absolute Gasteiger partial charge is 0.495 e. The quantitative estimate of drug-likeness (QED) is 0.612. The summed E-state index contributed by atoms with van der Waals surface area (Å²) in [5.74, 6) is 1.56. The van der Waals surface area contributed by atoms with Gasteiger partial charge in [-0.15, -0.1) is 0 Å². The van der Waals surface area contributed by atoms with E-state index in [1.165, 1.54) is 0 Å². The van der Waals surface area contributed by atoms with Gasteiger partial charge in [0.25, 0.3) is 0 Å². The summed E-state index contributed by atoms with van der Waals surface area (Å²) in [5, 5.41) is 3.23. The topological polar surface area (TPSA) is 49.0 Å². The van der Waals surface area contributed by atoms with E-state index in [0.29, 0.717) is 13.2 Å². The lowest BCUT2D eigenvalue weighted by molar-refractivity contribution is 0.135. The van der Waals surface area contributed by atoms with Crippen molar-refractivity contribution in [1.82, 2.24) is 5.32 Å². The maximum atomic E-state index is 5.61. The molecule has 0 amide bonds. The molecule has 0 aliphatic rings. The van der Waals surface area contributed by atoms with E-state index in [-0.39, 0.29) is 0 Å².